The van der Waals surface area contributed by atoms with Crippen molar-refractivity contribution in [3.8, 4) is 0 Å². The van der Waals surface area contributed by atoms with Gasteiger partial charge in [-0.3, -0.25) is 4.79 Å². The summed E-state index contributed by atoms with van der Waals surface area (Å²) in [6.07, 6.45) is 0.650. The molecule has 0 saturated heterocycles. The van der Waals surface area contributed by atoms with Gasteiger partial charge in [0.1, 0.15) is 6.54 Å². The van der Waals surface area contributed by atoms with Gasteiger partial charge in [-0.05, 0) is 6.92 Å². The van der Waals surface area contributed by atoms with Crippen LogP contribution in [0.15, 0.2) is 5.38 Å². The van der Waals surface area contributed by atoms with E-state index in [1.807, 2.05) is 12.3 Å². The molecule has 0 unspecified atom stereocenters. The Morgan fingerprint density at radius 2 is 2.29 bits per heavy atom. The van der Waals surface area contributed by atoms with Crippen LogP contribution in [0.4, 0.5) is 4.79 Å². The third-order valence-corrected chi connectivity index (χ3v) is 2.87. The third-order valence-electron chi connectivity index (χ3n) is 2.04. The van der Waals surface area contributed by atoms with Crippen molar-refractivity contribution in [2.75, 3.05) is 20.1 Å². The first-order chi connectivity index (χ1) is 7.99. The maximum Gasteiger partial charge on any atom is 0.323 e. The first-order valence-electron chi connectivity index (χ1n) is 5.11. The van der Waals surface area contributed by atoms with Crippen LogP contribution in [0.25, 0.3) is 0 Å². The normalized spacial score (nSPS) is 10.0. The Balaban J connectivity index is 2.26. The molecule has 0 aliphatic carbocycles. The molecule has 0 aliphatic rings. The highest BCUT2D eigenvalue weighted by Gasteiger charge is 2.11. The highest BCUT2D eigenvalue weighted by atomic mass is 32.1. The number of carbonyl (C=O) groups is 2. The van der Waals surface area contributed by atoms with E-state index in [9.17, 15) is 9.59 Å². The van der Waals surface area contributed by atoms with E-state index in [1.54, 1.807) is 11.3 Å². The maximum atomic E-state index is 11.4. The summed E-state index contributed by atoms with van der Waals surface area (Å²) < 4.78 is 0. The van der Waals surface area contributed by atoms with Crippen LogP contribution in [-0.4, -0.2) is 47.1 Å². The van der Waals surface area contributed by atoms with Crippen molar-refractivity contribution in [1.29, 1.82) is 0 Å². The molecular weight excluding hydrogens is 242 g/mol. The highest BCUT2D eigenvalue weighted by Crippen LogP contribution is 2.07. The lowest BCUT2D eigenvalue weighted by Crippen LogP contribution is -2.40. The number of nitrogens with one attached hydrogen (secondary N) is 1. The van der Waals surface area contributed by atoms with E-state index in [0.717, 1.165) is 15.6 Å². The number of thiazole rings is 1. The monoisotopic (exact) mass is 257 g/mol. The molecule has 94 valence electrons. The van der Waals surface area contributed by atoms with Crippen LogP contribution in [0.2, 0.25) is 0 Å². The highest BCUT2D eigenvalue weighted by molar-refractivity contribution is 7.09. The van der Waals surface area contributed by atoms with Crippen LogP contribution in [0.1, 0.15) is 10.7 Å². The first kappa shape index (κ1) is 13.4. The quantitative estimate of drug-likeness (QED) is 0.814. The summed E-state index contributed by atoms with van der Waals surface area (Å²) in [6.45, 7) is 2.07. The molecule has 1 aromatic rings. The molecule has 0 bridgehead atoms. The minimum Gasteiger partial charge on any atom is -0.480 e. The Bertz CT molecular complexity index is 405. The molecule has 1 aromatic heterocycles. The average Bonchev–Trinajstić information content (AvgIpc) is 2.63. The van der Waals surface area contributed by atoms with Gasteiger partial charge in [-0.2, -0.15) is 0 Å². The Kier molecular flexibility index (Phi) is 4.89. The number of carbonyl (C=O) groups excluding carboxylic acids is 1. The topological polar surface area (TPSA) is 82.5 Å². The SMILES string of the molecule is Cc1nc(CCNC(=O)N(C)CC(=O)O)cs1. The number of urea groups is 1. The van der Waals surface area contributed by atoms with Gasteiger partial charge in [0.15, 0.2) is 0 Å². The van der Waals surface area contributed by atoms with Crippen molar-refractivity contribution < 1.29 is 14.7 Å². The second kappa shape index (κ2) is 6.19. The van der Waals surface area contributed by atoms with Crippen molar-refractivity contribution in [3.05, 3.63) is 16.1 Å². The van der Waals surface area contributed by atoms with Crippen LogP contribution < -0.4 is 5.32 Å². The largest absolute Gasteiger partial charge is 0.480 e. The molecule has 17 heavy (non-hydrogen) atoms. The van der Waals surface area contributed by atoms with Crippen LogP contribution in [0.3, 0.4) is 0 Å². The van der Waals surface area contributed by atoms with E-state index < -0.39 is 5.97 Å². The van der Waals surface area contributed by atoms with E-state index >= 15 is 0 Å². The fourth-order valence-corrected chi connectivity index (χ4v) is 1.88. The molecule has 0 radical (unpaired) electrons. The number of nitrogens with zero attached hydrogens (tertiary/aromatic N) is 2. The number of rotatable bonds is 5. The van der Waals surface area contributed by atoms with Gasteiger partial charge in [-0.25, -0.2) is 9.78 Å². The lowest BCUT2D eigenvalue weighted by atomic mass is 10.3. The number of carboxylic acid groups (broad SMARTS) is 1. The molecule has 1 rings (SSSR count). The summed E-state index contributed by atoms with van der Waals surface area (Å²) in [4.78, 5) is 27.2. The summed E-state index contributed by atoms with van der Waals surface area (Å²) >= 11 is 1.57. The van der Waals surface area contributed by atoms with E-state index in [-0.39, 0.29) is 12.6 Å². The standard InChI is InChI=1S/C10H15N3O3S/c1-7-12-8(6-17-7)3-4-11-10(16)13(2)5-9(14)15/h6H,3-5H2,1-2H3,(H,11,16)(H,14,15). The minimum absolute atomic E-state index is 0.304. The molecule has 0 saturated carbocycles. The molecule has 0 atom stereocenters. The van der Waals surface area contributed by atoms with Crippen molar-refractivity contribution in [3.63, 3.8) is 0 Å². The summed E-state index contributed by atoms with van der Waals surface area (Å²) in [7, 11) is 1.44. The molecule has 1 heterocycles. The Labute approximate surface area is 103 Å². The number of aliphatic carboxylic acids is 1. The molecule has 0 aliphatic heterocycles. The summed E-state index contributed by atoms with van der Waals surface area (Å²) in [5.74, 6) is -1.03. The smallest absolute Gasteiger partial charge is 0.323 e. The van der Waals surface area contributed by atoms with Gasteiger partial charge in [-0.1, -0.05) is 0 Å². The Morgan fingerprint density at radius 1 is 1.59 bits per heavy atom. The number of amides is 2. The summed E-state index contributed by atoms with van der Waals surface area (Å²) in [6, 6.07) is -0.389. The minimum atomic E-state index is -1.03. The zero-order chi connectivity index (χ0) is 12.8. The number of likely N-dealkylation sites (N-methyl/N-ethyl adjacent to an activating group) is 1. The van der Waals surface area contributed by atoms with Gasteiger partial charge in [0.25, 0.3) is 0 Å². The number of hydrogen-bond donors (Lipinski definition) is 2. The van der Waals surface area contributed by atoms with Crippen LogP contribution >= 0.6 is 11.3 Å². The van der Waals surface area contributed by atoms with Gasteiger partial charge in [0, 0.05) is 25.4 Å². The Morgan fingerprint density at radius 3 is 2.82 bits per heavy atom. The van der Waals surface area contributed by atoms with Crippen molar-refractivity contribution in [2.45, 2.75) is 13.3 Å². The van der Waals surface area contributed by atoms with E-state index in [4.69, 9.17) is 5.11 Å². The molecule has 0 spiro atoms. The van der Waals surface area contributed by atoms with Crippen LogP contribution in [0.5, 0.6) is 0 Å². The third kappa shape index (κ3) is 4.81. The molecule has 2 N–H and O–H groups in total. The number of carboxylic acids is 1. The van der Waals surface area contributed by atoms with Crippen molar-refractivity contribution >= 4 is 23.3 Å². The van der Waals surface area contributed by atoms with Crippen molar-refractivity contribution in [2.24, 2.45) is 0 Å². The van der Waals surface area contributed by atoms with Gasteiger partial charge >= 0.3 is 12.0 Å². The predicted octanol–water partition coefficient (Wildman–Crippen LogP) is 0.720. The van der Waals surface area contributed by atoms with E-state index in [2.05, 4.69) is 10.3 Å². The number of hydrogen-bond acceptors (Lipinski definition) is 4. The van der Waals surface area contributed by atoms with Gasteiger partial charge in [-0.15, -0.1) is 11.3 Å². The molecular formula is C10H15N3O3S. The second-order valence-electron chi connectivity index (χ2n) is 3.59. The van der Waals surface area contributed by atoms with Gasteiger partial charge < -0.3 is 15.3 Å². The van der Waals surface area contributed by atoms with E-state index in [0.29, 0.717) is 13.0 Å². The fraction of sp³-hybridized carbons (Fsp3) is 0.500. The molecule has 7 heteroatoms. The number of aromatic nitrogens is 1. The molecule has 2 amide bonds. The molecule has 0 aromatic carbocycles. The second-order valence-corrected chi connectivity index (χ2v) is 4.65. The maximum absolute atomic E-state index is 11.4. The fourth-order valence-electron chi connectivity index (χ4n) is 1.23. The molecule has 6 nitrogen and oxygen atoms in total. The summed E-state index contributed by atoms with van der Waals surface area (Å²) in [5, 5.41) is 14.1. The van der Waals surface area contributed by atoms with Gasteiger partial charge in [0.2, 0.25) is 0 Å². The predicted molar refractivity (Wildman–Crippen MR) is 64.2 cm³/mol. The van der Waals surface area contributed by atoms with E-state index in [1.165, 1.54) is 7.05 Å². The zero-order valence-corrected chi connectivity index (χ0v) is 10.6. The lowest BCUT2D eigenvalue weighted by molar-refractivity contribution is -0.137. The zero-order valence-electron chi connectivity index (χ0n) is 9.77. The number of aryl methyl sites for hydroxylation is 1. The van der Waals surface area contributed by atoms with Crippen molar-refractivity contribution in [1.82, 2.24) is 15.2 Å². The van der Waals surface area contributed by atoms with Crippen LogP contribution in [-0.2, 0) is 11.2 Å². The van der Waals surface area contributed by atoms with Gasteiger partial charge in [0.05, 0.1) is 10.7 Å². The van der Waals surface area contributed by atoms with Crippen LogP contribution in [0, 0.1) is 6.92 Å². The summed E-state index contributed by atoms with van der Waals surface area (Å²) in [5.41, 5.74) is 0.939. The Hall–Kier alpha value is -1.63. The molecule has 0 fully saturated rings. The average molecular weight is 257 g/mol. The first-order valence-corrected chi connectivity index (χ1v) is 5.98. The lowest BCUT2D eigenvalue weighted by Gasteiger charge is -2.15.